The van der Waals surface area contributed by atoms with Gasteiger partial charge in [0.15, 0.2) is 0 Å². The molecule has 4 rings (SSSR count). The normalized spacial score (nSPS) is 11.1. The molecule has 1 aromatic heterocycles. The lowest BCUT2D eigenvalue weighted by molar-refractivity contribution is -0.119. The van der Waals surface area contributed by atoms with E-state index in [4.69, 9.17) is 9.72 Å². The predicted molar refractivity (Wildman–Crippen MR) is 121 cm³/mol. The van der Waals surface area contributed by atoms with E-state index in [0.29, 0.717) is 0 Å². The third-order valence-electron chi connectivity index (χ3n) is 5.10. The Labute approximate surface area is 176 Å². The molecule has 152 valence electrons. The molecule has 5 heteroatoms. The van der Waals surface area contributed by atoms with Gasteiger partial charge in [-0.15, -0.1) is 0 Å². The topological polar surface area (TPSA) is 47.4 Å². The number of hydrogen-bond donors (Lipinski definition) is 0. The first kappa shape index (κ1) is 19.7. The molecule has 3 aromatic carbocycles. The number of nitrogens with zero attached hydrogens (tertiary/aromatic N) is 3. The summed E-state index contributed by atoms with van der Waals surface area (Å²) < 4.78 is 7.38. The zero-order chi connectivity index (χ0) is 21.1. The molecule has 0 aliphatic heterocycles. The third-order valence-corrected chi connectivity index (χ3v) is 5.10. The van der Waals surface area contributed by atoms with Crippen molar-refractivity contribution in [1.29, 1.82) is 0 Å². The van der Waals surface area contributed by atoms with Crippen molar-refractivity contribution < 1.29 is 9.53 Å². The fourth-order valence-electron chi connectivity index (χ4n) is 3.75. The van der Waals surface area contributed by atoms with Crippen molar-refractivity contribution in [2.45, 2.75) is 26.4 Å². The molecule has 5 nitrogen and oxygen atoms in total. The first-order chi connectivity index (χ1) is 14.6. The fraction of sp³-hybridized carbons (Fsp3) is 0.200. The summed E-state index contributed by atoms with van der Waals surface area (Å²) in [6, 6.07) is 25.5. The van der Waals surface area contributed by atoms with Gasteiger partial charge in [-0.1, -0.05) is 42.5 Å². The number of benzene rings is 3. The molecule has 0 radical (unpaired) electrons. The zero-order valence-electron chi connectivity index (χ0n) is 17.4. The van der Waals surface area contributed by atoms with Gasteiger partial charge in [0.1, 0.15) is 18.1 Å². The Hall–Kier alpha value is -3.60. The van der Waals surface area contributed by atoms with E-state index < -0.39 is 0 Å². The van der Waals surface area contributed by atoms with Gasteiger partial charge in [0.05, 0.1) is 18.1 Å². The number of carbonyl (C=O) groups excluding carboxylic acids is 1. The quantitative estimate of drug-likeness (QED) is 0.450. The summed E-state index contributed by atoms with van der Waals surface area (Å²) in [7, 11) is 1.64. The van der Waals surface area contributed by atoms with E-state index in [9.17, 15) is 4.79 Å². The first-order valence-electron chi connectivity index (χ1n) is 10.1. The highest BCUT2D eigenvalue weighted by molar-refractivity contribution is 5.95. The van der Waals surface area contributed by atoms with Crippen LogP contribution in [0.4, 0.5) is 5.69 Å². The number of rotatable bonds is 6. The summed E-state index contributed by atoms with van der Waals surface area (Å²) in [5.74, 6) is 1.52. The van der Waals surface area contributed by atoms with E-state index >= 15 is 0 Å². The Kier molecular flexibility index (Phi) is 5.53. The van der Waals surface area contributed by atoms with E-state index in [1.165, 1.54) is 0 Å². The number of para-hydroxylation sites is 3. The van der Waals surface area contributed by atoms with Crippen LogP contribution in [0.3, 0.4) is 0 Å². The lowest BCUT2D eigenvalue weighted by Gasteiger charge is -2.27. The summed E-state index contributed by atoms with van der Waals surface area (Å²) in [5.41, 5.74) is 3.60. The number of aromatic nitrogens is 2. The molecular formula is C25H25N3O2. The maximum absolute atomic E-state index is 13.5. The molecule has 0 saturated heterocycles. The number of amides is 1. The third kappa shape index (κ3) is 3.79. The second-order valence-electron chi connectivity index (χ2n) is 7.44. The van der Waals surface area contributed by atoms with Crippen LogP contribution in [-0.2, 0) is 11.3 Å². The van der Waals surface area contributed by atoms with E-state index in [0.717, 1.165) is 33.9 Å². The number of imidazole rings is 1. The predicted octanol–water partition coefficient (Wildman–Crippen LogP) is 5.15. The summed E-state index contributed by atoms with van der Waals surface area (Å²) >= 11 is 0. The van der Waals surface area contributed by atoms with Crippen molar-refractivity contribution in [3.63, 3.8) is 0 Å². The number of fused-ring (bicyclic) bond motifs is 1. The van der Waals surface area contributed by atoms with Crippen LogP contribution in [0.15, 0.2) is 78.9 Å². The molecule has 0 N–H and O–H groups in total. The first-order valence-corrected chi connectivity index (χ1v) is 10.1. The van der Waals surface area contributed by atoms with Gasteiger partial charge in [-0.3, -0.25) is 4.79 Å². The Morgan fingerprint density at radius 2 is 1.73 bits per heavy atom. The average Bonchev–Trinajstić information content (AvgIpc) is 3.13. The Morgan fingerprint density at radius 3 is 2.47 bits per heavy atom. The lowest BCUT2D eigenvalue weighted by Crippen LogP contribution is -2.39. The lowest BCUT2D eigenvalue weighted by atomic mass is 10.2. The summed E-state index contributed by atoms with van der Waals surface area (Å²) in [4.78, 5) is 20.1. The highest BCUT2D eigenvalue weighted by atomic mass is 16.5. The van der Waals surface area contributed by atoms with Gasteiger partial charge in [-0.05, 0) is 50.2 Å². The minimum Gasteiger partial charge on any atom is -0.497 e. The van der Waals surface area contributed by atoms with Crippen LogP contribution in [0.2, 0.25) is 0 Å². The SMILES string of the molecule is COc1cccc(-c2nc3ccccc3n2CC(=O)N(c2ccccc2)C(C)C)c1. The van der Waals surface area contributed by atoms with Crippen LogP contribution in [0.25, 0.3) is 22.4 Å². The van der Waals surface area contributed by atoms with E-state index in [1.54, 1.807) is 7.11 Å². The molecule has 0 bridgehead atoms. The molecule has 0 aliphatic carbocycles. The summed E-state index contributed by atoms with van der Waals surface area (Å²) in [6.45, 7) is 4.25. The fourth-order valence-corrected chi connectivity index (χ4v) is 3.75. The number of methoxy groups -OCH3 is 1. The molecule has 0 unspecified atom stereocenters. The molecule has 4 aromatic rings. The molecule has 1 heterocycles. The Balaban J connectivity index is 1.79. The minimum absolute atomic E-state index is 0.0171. The Bertz CT molecular complexity index is 1170. The van der Waals surface area contributed by atoms with Crippen LogP contribution in [-0.4, -0.2) is 28.6 Å². The minimum atomic E-state index is 0.0171. The van der Waals surface area contributed by atoms with Crippen LogP contribution in [0.5, 0.6) is 5.75 Å². The highest BCUT2D eigenvalue weighted by Gasteiger charge is 2.22. The molecule has 0 spiro atoms. The van der Waals surface area contributed by atoms with E-state index in [-0.39, 0.29) is 18.5 Å². The van der Waals surface area contributed by atoms with Crippen molar-refractivity contribution >= 4 is 22.6 Å². The smallest absolute Gasteiger partial charge is 0.247 e. The number of anilines is 1. The second kappa shape index (κ2) is 8.41. The van der Waals surface area contributed by atoms with Gasteiger partial charge in [0.25, 0.3) is 0 Å². The van der Waals surface area contributed by atoms with Crippen LogP contribution < -0.4 is 9.64 Å². The van der Waals surface area contributed by atoms with Gasteiger partial charge in [-0.25, -0.2) is 4.98 Å². The largest absolute Gasteiger partial charge is 0.497 e. The van der Waals surface area contributed by atoms with Crippen LogP contribution in [0.1, 0.15) is 13.8 Å². The van der Waals surface area contributed by atoms with Crippen LogP contribution >= 0.6 is 0 Å². The average molecular weight is 399 g/mol. The van der Waals surface area contributed by atoms with Crippen molar-refractivity contribution in [2.24, 2.45) is 0 Å². The van der Waals surface area contributed by atoms with Gasteiger partial charge < -0.3 is 14.2 Å². The van der Waals surface area contributed by atoms with E-state index in [2.05, 4.69) is 0 Å². The standard InChI is InChI=1S/C25H25N3O2/c1-18(2)28(20-11-5-4-6-12-20)24(29)17-27-23-15-8-7-14-22(23)26-25(27)19-10-9-13-21(16-19)30-3/h4-16,18H,17H2,1-3H3. The van der Waals surface area contributed by atoms with Crippen molar-refractivity contribution in [3.8, 4) is 17.1 Å². The zero-order valence-corrected chi connectivity index (χ0v) is 17.4. The molecule has 0 aliphatic rings. The van der Waals surface area contributed by atoms with Crippen molar-refractivity contribution in [3.05, 3.63) is 78.9 Å². The van der Waals surface area contributed by atoms with Crippen molar-refractivity contribution in [1.82, 2.24) is 9.55 Å². The monoisotopic (exact) mass is 399 g/mol. The van der Waals surface area contributed by atoms with Crippen molar-refractivity contribution in [2.75, 3.05) is 12.0 Å². The Morgan fingerprint density at radius 1 is 1.00 bits per heavy atom. The second-order valence-corrected chi connectivity index (χ2v) is 7.44. The van der Waals surface area contributed by atoms with E-state index in [1.807, 2.05) is 102 Å². The molecule has 30 heavy (non-hydrogen) atoms. The van der Waals surface area contributed by atoms with Gasteiger partial charge in [-0.2, -0.15) is 0 Å². The highest BCUT2D eigenvalue weighted by Crippen LogP contribution is 2.28. The molecule has 1 amide bonds. The number of hydrogen-bond acceptors (Lipinski definition) is 3. The molecule has 0 fully saturated rings. The maximum Gasteiger partial charge on any atom is 0.247 e. The number of ether oxygens (including phenoxy) is 1. The molecule has 0 atom stereocenters. The number of carbonyl (C=O) groups is 1. The summed E-state index contributed by atoms with van der Waals surface area (Å²) in [6.07, 6.45) is 0. The summed E-state index contributed by atoms with van der Waals surface area (Å²) in [5, 5.41) is 0. The van der Waals surface area contributed by atoms with Gasteiger partial charge in [0.2, 0.25) is 5.91 Å². The maximum atomic E-state index is 13.5. The van der Waals surface area contributed by atoms with Gasteiger partial charge >= 0.3 is 0 Å². The van der Waals surface area contributed by atoms with Gasteiger partial charge in [0, 0.05) is 17.3 Å². The molecular weight excluding hydrogens is 374 g/mol. The van der Waals surface area contributed by atoms with Crippen LogP contribution in [0, 0.1) is 0 Å². The molecule has 0 saturated carbocycles.